The maximum absolute atomic E-state index is 12.1. The lowest BCUT2D eigenvalue weighted by Crippen LogP contribution is -2.51. The molecular weight excluding hydrogens is 244 g/mol. The first kappa shape index (κ1) is 14.3. The van der Waals surface area contributed by atoms with E-state index in [1.807, 2.05) is 6.92 Å². The second-order valence-corrected chi connectivity index (χ2v) is 5.50. The van der Waals surface area contributed by atoms with Crippen LogP contribution >= 0.6 is 0 Å². The van der Waals surface area contributed by atoms with Crippen LogP contribution < -0.4 is 16.0 Å². The predicted molar refractivity (Wildman–Crippen MR) is 72.7 cm³/mol. The molecule has 6 nitrogen and oxygen atoms in total. The van der Waals surface area contributed by atoms with Crippen molar-refractivity contribution in [2.24, 2.45) is 11.8 Å². The van der Waals surface area contributed by atoms with Gasteiger partial charge in [0.2, 0.25) is 5.91 Å². The van der Waals surface area contributed by atoms with E-state index in [1.165, 1.54) is 7.05 Å². The molecule has 19 heavy (non-hydrogen) atoms. The first-order valence-corrected chi connectivity index (χ1v) is 7.07. The number of hydrogen-bond acceptors (Lipinski definition) is 4. The van der Waals surface area contributed by atoms with Crippen LogP contribution in [-0.4, -0.2) is 55.6 Å². The van der Waals surface area contributed by atoms with Crippen molar-refractivity contribution in [2.45, 2.75) is 32.4 Å². The Morgan fingerprint density at radius 3 is 2.79 bits per heavy atom. The molecule has 2 aliphatic rings. The number of carbonyl (C=O) groups excluding carboxylic acids is 2. The van der Waals surface area contributed by atoms with Crippen LogP contribution in [0.1, 0.15) is 20.3 Å². The summed E-state index contributed by atoms with van der Waals surface area (Å²) in [6.45, 7) is 7.08. The van der Waals surface area contributed by atoms with Gasteiger partial charge in [-0.05, 0) is 38.3 Å². The lowest BCUT2D eigenvalue weighted by molar-refractivity contribution is -0.125. The zero-order valence-corrected chi connectivity index (χ0v) is 11.9. The Hall–Kier alpha value is -1.14. The van der Waals surface area contributed by atoms with Gasteiger partial charge in [-0.3, -0.25) is 15.0 Å². The highest BCUT2D eigenvalue weighted by Gasteiger charge is 2.45. The number of carbonyl (C=O) groups is 2. The third-order valence-electron chi connectivity index (χ3n) is 4.52. The molecule has 0 radical (unpaired) electrons. The fraction of sp³-hybridized carbons (Fsp3) is 0.846. The highest BCUT2D eigenvalue weighted by molar-refractivity contribution is 5.96. The van der Waals surface area contributed by atoms with Crippen molar-refractivity contribution < 1.29 is 9.59 Å². The number of rotatable bonds is 3. The molecule has 3 amide bonds. The Kier molecular flexibility index (Phi) is 4.42. The lowest BCUT2D eigenvalue weighted by Gasteiger charge is -2.31. The molecule has 0 aliphatic carbocycles. The molecule has 4 unspecified atom stereocenters. The van der Waals surface area contributed by atoms with Gasteiger partial charge < -0.3 is 10.6 Å². The SMILES string of the molecule is CCC1C2CNCC2CN1C(C)C(=O)NC(=O)NC. The van der Waals surface area contributed by atoms with E-state index in [-0.39, 0.29) is 11.9 Å². The van der Waals surface area contributed by atoms with Gasteiger partial charge in [-0.1, -0.05) is 6.92 Å². The molecular formula is C13H24N4O2. The molecule has 2 fully saturated rings. The van der Waals surface area contributed by atoms with Crippen molar-refractivity contribution in [2.75, 3.05) is 26.7 Å². The largest absolute Gasteiger partial charge is 0.341 e. The van der Waals surface area contributed by atoms with E-state index in [9.17, 15) is 9.59 Å². The summed E-state index contributed by atoms with van der Waals surface area (Å²) in [5, 5.41) is 8.20. The normalized spacial score (nSPS) is 31.8. The molecule has 0 aromatic heterocycles. The van der Waals surface area contributed by atoms with E-state index in [0.717, 1.165) is 26.1 Å². The predicted octanol–water partition coefficient (Wildman–Crippen LogP) is -0.240. The molecule has 108 valence electrons. The molecule has 0 spiro atoms. The van der Waals surface area contributed by atoms with E-state index in [0.29, 0.717) is 17.9 Å². The Bertz CT molecular complexity index is 361. The number of nitrogens with one attached hydrogen (secondary N) is 3. The Balaban J connectivity index is 2.00. The van der Waals surface area contributed by atoms with E-state index in [2.05, 4.69) is 27.8 Å². The first-order valence-electron chi connectivity index (χ1n) is 7.07. The van der Waals surface area contributed by atoms with Crippen molar-refractivity contribution in [3.05, 3.63) is 0 Å². The summed E-state index contributed by atoms with van der Waals surface area (Å²) >= 11 is 0. The van der Waals surface area contributed by atoms with Crippen LogP contribution in [0.4, 0.5) is 4.79 Å². The maximum atomic E-state index is 12.1. The number of amides is 3. The van der Waals surface area contributed by atoms with Gasteiger partial charge in [0.05, 0.1) is 6.04 Å². The molecule has 2 saturated heterocycles. The number of fused-ring (bicyclic) bond motifs is 1. The van der Waals surface area contributed by atoms with Gasteiger partial charge in [0.1, 0.15) is 0 Å². The third kappa shape index (κ3) is 2.74. The van der Waals surface area contributed by atoms with Gasteiger partial charge in [-0.25, -0.2) is 4.79 Å². The fourth-order valence-corrected chi connectivity index (χ4v) is 3.47. The Morgan fingerprint density at radius 2 is 2.16 bits per heavy atom. The van der Waals surface area contributed by atoms with Crippen molar-refractivity contribution in [3.8, 4) is 0 Å². The molecule has 2 rings (SSSR count). The third-order valence-corrected chi connectivity index (χ3v) is 4.52. The van der Waals surface area contributed by atoms with Crippen molar-refractivity contribution in [1.82, 2.24) is 20.9 Å². The summed E-state index contributed by atoms with van der Waals surface area (Å²) < 4.78 is 0. The molecule has 2 aliphatic heterocycles. The molecule has 3 N–H and O–H groups in total. The topological polar surface area (TPSA) is 73.5 Å². The van der Waals surface area contributed by atoms with Gasteiger partial charge >= 0.3 is 6.03 Å². The van der Waals surface area contributed by atoms with Gasteiger partial charge in [0.15, 0.2) is 0 Å². The number of hydrogen-bond donors (Lipinski definition) is 3. The minimum absolute atomic E-state index is 0.217. The van der Waals surface area contributed by atoms with Crippen LogP contribution in [0.3, 0.4) is 0 Å². The average Bonchev–Trinajstić information content (AvgIpc) is 2.97. The average molecular weight is 268 g/mol. The minimum atomic E-state index is -0.439. The van der Waals surface area contributed by atoms with Crippen LogP contribution in [0.25, 0.3) is 0 Å². The van der Waals surface area contributed by atoms with Crippen LogP contribution in [0.15, 0.2) is 0 Å². The van der Waals surface area contributed by atoms with E-state index >= 15 is 0 Å². The van der Waals surface area contributed by atoms with Crippen molar-refractivity contribution in [3.63, 3.8) is 0 Å². The Labute approximate surface area is 114 Å². The summed E-state index contributed by atoms with van der Waals surface area (Å²) in [5.74, 6) is 1.06. The van der Waals surface area contributed by atoms with Gasteiger partial charge in [-0.15, -0.1) is 0 Å². The van der Waals surface area contributed by atoms with E-state index in [1.54, 1.807) is 0 Å². The summed E-state index contributed by atoms with van der Waals surface area (Å²) in [7, 11) is 1.51. The summed E-state index contributed by atoms with van der Waals surface area (Å²) in [5.41, 5.74) is 0. The smallest absolute Gasteiger partial charge is 0.321 e. The van der Waals surface area contributed by atoms with E-state index in [4.69, 9.17) is 0 Å². The molecule has 4 atom stereocenters. The Morgan fingerprint density at radius 1 is 1.42 bits per heavy atom. The van der Waals surface area contributed by atoms with Crippen LogP contribution in [0.5, 0.6) is 0 Å². The lowest BCUT2D eigenvalue weighted by atomic mass is 9.92. The number of imide groups is 1. The molecule has 0 aromatic carbocycles. The zero-order valence-electron chi connectivity index (χ0n) is 11.9. The number of urea groups is 1. The quantitative estimate of drug-likeness (QED) is 0.660. The zero-order chi connectivity index (χ0) is 14.0. The minimum Gasteiger partial charge on any atom is -0.341 e. The van der Waals surface area contributed by atoms with Gasteiger partial charge in [0.25, 0.3) is 0 Å². The highest BCUT2D eigenvalue weighted by atomic mass is 16.2. The van der Waals surface area contributed by atoms with Crippen LogP contribution in [0, 0.1) is 11.8 Å². The molecule has 0 bridgehead atoms. The first-order chi connectivity index (χ1) is 9.08. The summed E-state index contributed by atoms with van der Waals surface area (Å²) in [6.07, 6.45) is 1.04. The standard InChI is InChI=1S/C13H24N4O2/c1-4-11-10-6-15-5-9(10)7-17(11)8(2)12(18)16-13(19)14-3/h8-11,15H,4-7H2,1-3H3,(H2,14,16,18,19). The monoisotopic (exact) mass is 268 g/mol. The molecule has 6 heteroatoms. The van der Waals surface area contributed by atoms with Crippen molar-refractivity contribution >= 4 is 11.9 Å². The fourth-order valence-electron chi connectivity index (χ4n) is 3.47. The van der Waals surface area contributed by atoms with E-state index < -0.39 is 6.03 Å². The summed E-state index contributed by atoms with van der Waals surface area (Å²) in [4.78, 5) is 25.5. The second kappa shape index (κ2) is 5.88. The van der Waals surface area contributed by atoms with Gasteiger partial charge in [-0.2, -0.15) is 0 Å². The van der Waals surface area contributed by atoms with Crippen LogP contribution in [-0.2, 0) is 4.79 Å². The van der Waals surface area contributed by atoms with Gasteiger partial charge in [0, 0.05) is 19.6 Å². The van der Waals surface area contributed by atoms with Crippen molar-refractivity contribution in [1.29, 1.82) is 0 Å². The maximum Gasteiger partial charge on any atom is 0.321 e. The molecule has 0 aromatic rings. The number of likely N-dealkylation sites (tertiary alicyclic amines) is 1. The summed E-state index contributed by atoms with van der Waals surface area (Å²) in [6, 6.07) is -0.260. The molecule has 0 saturated carbocycles. The van der Waals surface area contributed by atoms with Crippen LogP contribution in [0.2, 0.25) is 0 Å². The highest BCUT2D eigenvalue weighted by Crippen LogP contribution is 2.35. The second-order valence-electron chi connectivity index (χ2n) is 5.50. The number of nitrogens with zero attached hydrogens (tertiary/aromatic N) is 1. The molecule has 2 heterocycles.